The van der Waals surface area contributed by atoms with Crippen molar-refractivity contribution in [2.75, 3.05) is 16.8 Å². The lowest BCUT2D eigenvalue weighted by atomic mass is 10.0. The maximum absolute atomic E-state index is 13.3. The van der Waals surface area contributed by atoms with E-state index in [4.69, 9.17) is 16.3 Å². The number of halogens is 1. The van der Waals surface area contributed by atoms with E-state index < -0.39 is 17.8 Å². The Kier molecular flexibility index (Phi) is 7.40. The minimum absolute atomic E-state index is 0.229. The number of nitrogens with zero attached hydrogens (tertiary/aromatic N) is 1. The lowest BCUT2D eigenvalue weighted by molar-refractivity contribution is -0.122. The second-order valence-electron chi connectivity index (χ2n) is 8.56. The summed E-state index contributed by atoms with van der Waals surface area (Å²) in [5.41, 5.74) is 3.79. The quantitative estimate of drug-likeness (QED) is 0.355. The number of hydrogen-bond donors (Lipinski definition) is 2. The standard InChI is InChI=1S/C28H24ClN3O5/c1-16-8-10-21(12-18(16)3)32-27(35)22(26(34)31-28(32)36)14-19-13-20(29)9-11-24(19)37-15-25(33)30-23-7-5-4-6-17(23)2/h4-14H,15H2,1-3H3,(H,30,33)(H,31,34,36)/b22-14-. The van der Waals surface area contributed by atoms with Crippen molar-refractivity contribution in [2.45, 2.75) is 20.8 Å². The number of rotatable bonds is 6. The Bertz CT molecular complexity index is 1460. The van der Waals surface area contributed by atoms with Crippen LogP contribution in [-0.2, 0) is 14.4 Å². The molecule has 9 heteroatoms. The van der Waals surface area contributed by atoms with Crippen molar-refractivity contribution in [2.24, 2.45) is 0 Å². The molecule has 2 N–H and O–H groups in total. The largest absolute Gasteiger partial charge is 0.483 e. The number of aryl methyl sites for hydroxylation is 3. The number of ether oxygens (including phenoxy) is 1. The molecule has 0 bridgehead atoms. The molecule has 4 rings (SSSR count). The molecule has 1 aliphatic heterocycles. The molecule has 0 aliphatic carbocycles. The summed E-state index contributed by atoms with van der Waals surface area (Å²) in [6.45, 7) is 5.32. The number of benzene rings is 3. The molecule has 1 fully saturated rings. The molecule has 1 saturated heterocycles. The Hall–Kier alpha value is -4.43. The van der Waals surface area contributed by atoms with Crippen LogP contribution in [0.1, 0.15) is 22.3 Å². The van der Waals surface area contributed by atoms with Crippen molar-refractivity contribution >= 4 is 52.8 Å². The minimum Gasteiger partial charge on any atom is -0.483 e. The number of imide groups is 2. The van der Waals surface area contributed by atoms with E-state index in [1.807, 2.05) is 39.0 Å². The van der Waals surface area contributed by atoms with Crippen LogP contribution in [0.4, 0.5) is 16.2 Å². The van der Waals surface area contributed by atoms with E-state index in [-0.39, 0.29) is 23.8 Å². The lowest BCUT2D eigenvalue weighted by Crippen LogP contribution is -2.54. The number of barbiturate groups is 1. The van der Waals surface area contributed by atoms with Crippen molar-refractivity contribution in [3.05, 3.63) is 93.5 Å². The van der Waals surface area contributed by atoms with Crippen LogP contribution in [0.2, 0.25) is 5.02 Å². The Labute approximate surface area is 218 Å². The fraction of sp³-hybridized carbons (Fsp3) is 0.143. The molecular weight excluding hydrogens is 494 g/mol. The van der Waals surface area contributed by atoms with Crippen molar-refractivity contribution in [1.29, 1.82) is 0 Å². The van der Waals surface area contributed by atoms with Gasteiger partial charge in [-0.15, -0.1) is 0 Å². The van der Waals surface area contributed by atoms with E-state index in [0.29, 0.717) is 22.0 Å². The van der Waals surface area contributed by atoms with Crippen LogP contribution in [-0.4, -0.2) is 30.4 Å². The summed E-state index contributed by atoms with van der Waals surface area (Å²) in [5, 5.41) is 5.30. The van der Waals surface area contributed by atoms with Gasteiger partial charge in [0.15, 0.2) is 6.61 Å². The minimum atomic E-state index is -0.849. The number of carbonyl (C=O) groups is 4. The molecule has 8 nitrogen and oxygen atoms in total. The maximum atomic E-state index is 13.3. The zero-order valence-corrected chi connectivity index (χ0v) is 21.2. The van der Waals surface area contributed by atoms with Crippen LogP contribution >= 0.6 is 11.6 Å². The summed E-state index contributed by atoms with van der Waals surface area (Å²) >= 11 is 6.16. The molecule has 188 valence electrons. The Morgan fingerprint density at radius 3 is 2.46 bits per heavy atom. The number of urea groups is 1. The summed E-state index contributed by atoms with van der Waals surface area (Å²) in [6.07, 6.45) is 1.29. The molecule has 0 spiro atoms. The van der Waals surface area contributed by atoms with Gasteiger partial charge in [-0.05, 0) is 79.9 Å². The Morgan fingerprint density at radius 2 is 1.73 bits per heavy atom. The number of para-hydroxylation sites is 1. The van der Waals surface area contributed by atoms with Crippen molar-refractivity contribution in [1.82, 2.24) is 5.32 Å². The van der Waals surface area contributed by atoms with E-state index in [2.05, 4.69) is 10.6 Å². The molecule has 3 aromatic rings. The highest BCUT2D eigenvalue weighted by atomic mass is 35.5. The highest BCUT2D eigenvalue weighted by Gasteiger charge is 2.37. The van der Waals surface area contributed by atoms with Gasteiger partial charge in [0.25, 0.3) is 17.7 Å². The number of amides is 5. The van der Waals surface area contributed by atoms with Gasteiger partial charge in [-0.1, -0.05) is 35.9 Å². The van der Waals surface area contributed by atoms with Crippen LogP contribution < -0.4 is 20.3 Å². The van der Waals surface area contributed by atoms with E-state index >= 15 is 0 Å². The number of hydrogen-bond acceptors (Lipinski definition) is 5. The zero-order valence-electron chi connectivity index (χ0n) is 20.4. The van der Waals surface area contributed by atoms with Crippen LogP contribution in [0.25, 0.3) is 6.08 Å². The number of nitrogens with one attached hydrogen (secondary N) is 2. The Morgan fingerprint density at radius 1 is 0.973 bits per heavy atom. The predicted molar refractivity (Wildman–Crippen MR) is 142 cm³/mol. The zero-order chi connectivity index (χ0) is 26.7. The van der Waals surface area contributed by atoms with E-state index in [9.17, 15) is 19.2 Å². The summed E-state index contributed by atoms with van der Waals surface area (Å²) in [7, 11) is 0. The lowest BCUT2D eigenvalue weighted by Gasteiger charge is -2.27. The topological polar surface area (TPSA) is 105 Å². The van der Waals surface area contributed by atoms with Gasteiger partial charge in [0.2, 0.25) is 0 Å². The molecule has 0 aromatic heterocycles. The first-order valence-corrected chi connectivity index (χ1v) is 11.8. The van der Waals surface area contributed by atoms with Gasteiger partial charge in [0, 0.05) is 16.3 Å². The van der Waals surface area contributed by atoms with Gasteiger partial charge in [0.1, 0.15) is 11.3 Å². The molecule has 1 aliphatic rings. The average Bonchev–Trinajstić information content (AvgIpc) is 2.84. The Balaban J connectivity index is 1.60. The summed E-state index contributed by atoms with van der Waals surface area (Å²) < 4.78 is 5.70. The fourth-order valence-corrected chi connectivity index (χ4v) is 3.90. The monoisotopic (exact) mass is 517 g/mol. The molecule has 1 heterocycles. The first kappa shape index (κ1) is 25.7. The van der Waals surface area contributed by atoms with Crippen molar-refractivity contribution in [3.63, 3.8) is 0 Å². The predicted octanol–water partition coefficient (Wildman–Crippen LogP) is 4.95. The second kappa shape index (κ2) is 10.7. The van der Waals surface area contributed by atoms with E-state index in [0.717, 1.165) is 21.6 Å². The molecule has 5 amide bonds. The van der Waals surface area contributed by atoms with E-state index in [1.54, 1.807) is 30.3 Å². The summed E-state index contributed by atoms with van der Waals surface area (Å²) in [5.74, 6) is -1.80. The number of carbonyl (C=O) groups excluding carboxylic acids is 4. The molecule has 0 atom stereocenters. The smallest absolute Gasteiger partial charge is 0.335 e. The van der Waals surface area contributed by atoms with Gasteiger partial charge in [-0.3, -0.25) is 19.7 Å². The van der Waals surface area contributed by atoms with Gasteiger partial charge in [-0.2, -0.15) is 0 Å². The fourth-order valence-electron chi connectivity index (χ4n) is 3.72. The summed E-state index contributed by atoms with van der Waals surface area (Å²) in [4.78, 5) is 51.8. The molecule has 3 aromatic carbocycles. The van der Waals surface area contributed by atoms with Crippen LogP contribution in [0.5, 0.6) is 5.75 Å². The maximum Gasteiger partial charge on any atom is 0.335 e. The first-order chi connectivity index (χ1) is 17.6. The summed E-state index contributed by atoms with van der Waals surface area (Å²) in [6, 6.07) is 16.2. The van der Waals surface area contributed by atoms with Gasteiger partial charge >= 0.3 is 6.03 Å². The second-order valence-corrected chi connectivity index (χ2v) is 9.00. The highest BCUT2D eigenvalue weighted by molar-refractivity contribution is 6.39. The van der Waals surface area contributed by atoms with Crippen LogP contribution in [0.15, 0.2) is 66.2 Å². The third-order valence-corrected chi connectivity index (χ3v) is 6.14. The van der Waals surface area contributed by atoms with E-state index in [1.165, 1.54) is 18.2 Å². The molecule has 0 unspecified atom stereocenters. The van der Waals surface area contributed by atoms with Crippen LogP contribution in [0, 0.1) is 20.8 Å². The van der Waals surface area contributed by atoms with Gasteiger partial charge in [0.05, 0.1) is 5.69 Å². The van der Waals surface area contributed by atoms with Crippen molar-refractivity contribution < 1.29 is 23.9 Å². The third kappa shape index (κ3) is 5.70. The van der Waals surface area contributed by atoms with Gasteiger partial charge in [-0.25, -0.2) is 9.69 Å². The van der Waals surface area contributed by atoms with Crippen LogP contribution in [0.3, 0.4) is 0 Å². The highest BCUT2D eigenvalue weighted by Crippen LogP contribution is 2.28. The average molecular weight is 518 g/mol. The van der Waals surface area contributed by atoms with Gasteiger partial charge < -0.3 is 10.1 Å². The number of anilines is 2. The normalized spacial score (nSPS) is 14.5. The van der Waals surface area contributed by atoms with Crippen molar-refractivity contribution in [3.8, 4) is 5.75 Å². The molecule has 37 heavy (non-hydrogen) atoms. The first-order valence-electron chi connectivity index (χ1n) is 11.4. The molecule has 0 radical (unpaired) electrons. The molecular formula is C28H24ClN3O5. The third-order valence-electron chi connectivity index (χ3n) is 5.90. The molecule has 0 saturated carbocycles. The SMILES string of the molecule is Cc1ccc(N2C(=O)NC(=O)/C(=C/c3cc(Cl)ccc3OCC(=O)Nc3ccccc3C)C2=O)cc1C.